The van der Waals surface area contributed by atoms with Gasteiger partial charge in [-0.1, -0.05) is 12.1 Å². The van der Waals surface area contributed by atoms with E-state index in [-0.39, 0.29) is 31.0 Å². The topological polar surface area (TPSA) is 74.0 Å². The van der Waals surface area contributed by atoms with E-state index >= 15 is 0 Å². The van der Waals surface area contributed by atoms with Crippen molar-refractivity contribution in [3.8, 4) is 11.5 Å². The highest BCUT2D eigenvalue weighted by Gasteiger charge is 2.23. The zero-order valence-corrected chi connectivity index (χ0v) is 16.8. The largest absolute Gasteiger partial charge is 0.493 e. The number of methoxy groups -OCH3 is 1. The number of nitrogens with two attached hydrogens (primary N) is 1. The average molecular weight is 399 g/mol. The third kappa shape index (κ3) is 7.40. The summed E-state index contributed by atoms with van der Waals surface area (Å²) in [6, 6.07) is 5.70. The molecule has 1 aromatic rings. The Kier molecular flexibility index (Phi) is 10.9. The zero-order valence-electron chi connectivity index (χ0n) is 16.0. The maximum absolute atomic E-state index is 12.4. The third-order valence-corrected chi connectivity index (χ3v) is 4.46. The van der Waals surface area contributed by atoms with Crippen molar-refractivity contribution in [3.63, 3.8) is 0 Å². The van der Waals surface area contributed by atoms with Crippen LogP contribution in [0.15, 0.2) is 30.9 Å². The summed E-state index contributed by atoms with van der Waals surface area (Å²) < 4.78 is 16.8. The number of halogens is 1. The highest BCUT2D eigenvalue weighted by molar-refractivity contribution is 5.85. The molecule has 6 nitrogen and oxygen atoms in total. The molecule has 1 aromatic carbocycles. The average Bonchev–Trinajstić information content (AvgIpc) is 2.67. The lowest BCUT2D eigenvalue weighted by atomic mass is 10.1. The van der Waals surface area contributed by atoms with Crippen molar-refractivity contribution in [2.75, 3.05) is 40.0 Å². The lowest BCUT2D eigenvalue weighted by Crippen LogP contribution is -2.43. The minimum Gasteiger partial charge on any atom is -0.493 e. The van der Waals surface area contributed by atoms with E-state index in [0.717, 1.165) is 31.2 Å². The fourth-order valence-electron chi connectivity index (χ4n) is 2.96. The number of hydrogen-bond donors (Lipinski definition) is 1. The van der Waals surface area contributed by atoms with E-state index in [1.807, 2.05) is 29.2 Å². The van der Waals surface area contributed by atoms with Gasteiger partial charge in [-0.2, -0.15) is 0 Å². The van der Waals surface area contributed by atoms with Crippen LogP contribution in [0.5, 0.6) is 11.5 Å². The minimum atomic E-state index is -0.0115. The number of rotatable bonds is 10. The fourth-order valence-corrected chi connectivity index (χ4v) is 2.96. The number of nitrogens with zero attached hydrogens (tertiary/aromatic N) is 1. The molecule has 0 saturated carbocycles. The van der Waals surface area contributed by atoms with Crippen molar-refractivity contribution >= 4 is 18.3 Å². The number of allylic oxidation sites excluding steroid dienone is 1. The van der Waals surface area contributed by atoms with E-state index in [2.05, 4.69) is 6.58 Å². The highest BCUT2D eigenvalue weighted by Crippen LogP contribution is 2.28. The van der Waals surface area contributed by atoms with Gasteiger partial charge in [-0.05, 0) is 49.9 Å². The van der Waals surface area contributed by atoms with Gasteiger partial charge < -0.3 is 24.8 Å². The molecule has 7 heteroatoms. The molecule has 0 aromatic heterocycles. The van der Waals surface area contributed by atoms with E-state index in [1.165, 1.54) is 0 Å². The van der Waals surface area contributed by atoms with E-state index in [1.54, 1.807) is 7.11 Å². The van der Waals surface area contributed by atoms with Gasteiger partial charge >= 0.3 is 0 Å². The number of amides is 1. The summed E-state index contributed by atoms with van der Waals surface area (Å²) in [5.74, 6) is 1.19. The Morgan fingerprint density at radius 1 is 1.33 bits per heavy atom. The monoisotopic (exact) mass is 398 g/mol. The van der Waals surface area contributed by atoms with Gasteiger partial charge in [0.15, 0.2) is 18.1 Å². The lowest BCUT2D eigenvalue weighted by Gasteiger charge is -2.32. The van der Waals surface area contributed by atoms with Crippen LogP contribution < -0.4 is 15.2 Å². The van der Waals surface area contributed by atoms with Crippen molar-refractivity contribution in [1.29, 1.82) is 0 Å². The predicted molar refractivity (Wildman–Crippen MR) is 109 cm³/mol. The van der Waals surface area contributed by atoms with Crippen LogP contribution in [-0.4, -0.2) is 56.9 Å². The van der Waals surface area contributed by atoms with Crippen LogP contribution in [0.2, 0.25) is 0 Å². The molecule has 0 bridgehead atoms. The van der Waals surface area contributed by atoms with Crippen LogP contribution in [0.3, 0.4) is 0 Å². The number of benzene rings is 1. The molecule has 152 valence electrons. The van der Waals surface area contributed by atoms with Gasteiger partial charge in [-0.3, -0.25) is 4.79 Å². The number of piperidine rings is 1. The van der Waals surface area contributed by atoms with Crippen molar-refractivity contribution in [3.05, 3.63) is 36.4 Å². The summed E-state index contributed by atoms with van der Waals surface area (Å²) in [7, 11) is 1.59. The molecule has 1 heterocycles. The van der Waals surface area contributed by atoms with Crippen LogP contribution in [0.25, 0.3) is 0 Å². The standard InChI is InChI=1S/C20H30N2O4.ClH/c1-3-5-16-6-7-18(19(14-16)24-2)26-15-20(23)22-11-8-17(9-12-22)25-13-4-10-21;/h3,6-7,14,17H,1,4-5,8-13,15,21H2,2H3;1H. The van der Waals surface area contributed by atoms with Crippen molar-refractivity contribution < 1.29 is 19.0 Å². The quantitative estimate of drug-likeness (QED) is 0.484. The Bertz CT molecular complexity index is 589. The molecule has 1 aliphatic rings. The molecule has 2 N–H and O–H groups in total. The van der Waals surface area contributed by atoms with Crippen LogP contribution in [0.4, 0.5) is 0 Å². The van der Waals surface area contributed by atoms with Crippen molar-refractivity contribution in [2.24, 2.45) is 5.73 Å². The molecule has 0 unspecified atom stereocenters. The van der Waals surface area contributed by atoms with E-state index in [9.17, 15) is 4.79 Å². The van der Waals surface area contributed by atoms with Gasteiger partial charge in [0, 0.05) is 19.7 Å². The molecular weight excluding hydrogens is 368 g/mol. The van der Waals surface area contributed by atoms with Crippen LogP contribution in [0.1, 0.15) is 24.8 Å². The van der Waals surface area contributed by atoms with Gasteiger partial charge in [0.1, 0.15) is 0 Å². The molecule has 27 heavy (non-hydrogen) atoms. The minimum absolute atomic E-state index is 0. The molecule has 0 aliphatic carbocycles. The number of hydrogen-bond acceptors (Lipinski definition) is 5. The van der Waals surface area contributed by atoms with E-state index in [0.29, 0.717) is 37.7 Å². The second-order valence-electron chi connectivity index (χ2n) is 6.36. The Balaban J connectivity index is 0.00000364. The number of likely N-dealkylation sites (tertiary alicyclic amines) is 1. The number of carbonyl (C=O) groups excluding carboxylic acids is 1. The predicted octanol–water partition coefficient (Wildman–Crippen LogP) is 2.58. The van der Waals surface area contributed by atoms with Gasteiger partial charge in [-0.15, -0.1) is 19.0 Å². The SMILES string of the molecule is C=CCc1ccc(OCC(=O)N2CCC(OCCCN)CC2)c(OC)c1.Cl. The maximum Gasteiger partial charge on any atom is 0.260 e. The molecule has 2 rings (SSSR count). The van der Waals surface area contributed by atoms with Gasteiger partial charge in [-0.25, -0.2) is 0 Å². The summed E-state index contributed by atoms with van der Waals surface area (Å²) in [6.45, 7) is 6.48. The van der Waals surface area contributed by atoms with E-state index < -0.39 is 0 Å². The summed E-state index contributed by atoms with van der Waals surface area (Å²) in [6.07, 6.45) is 5.41. The van der Waals surface area contributed by atoms with Gasteiger partial charge in [0.2, 0.25) is 0 Å². The van der Waals surface area contributed by atoms with Crippen molar-refractivity contribution in [1.82, 2.24) is 4.90 Å². The molecular formula is C20H31ClN2O4. The Labute approximate surface area is 168 Å². The molecule has 1 amide bonds. The first kappa shape index (κ1) is 23.3. The summed E-state index contributed by atoms with van der Waals surface area (Å²) in [4.78, 5) is 14.2. The highest BCUT2D eigenvalue weighted by atomic mass is 35.5. The number of ether oxygens (including phenoxy) is 3. The third-order valence-electron chi connectivity index (χ3n) is 4.46. The molecule has 0 atom stereocenters. The first-order valence-electron chi connectivity index (χ1n) is 9.18. The van der Waals surface area contributed by atoms with Crippen molar-refractivity contribution in [2.45, 2.75) is 31.8 Å². The molecule has 0 radical (unpaired) electrons. The first-order valence-corrected chi connectivity index (χ1v) is 9.18. The number of carbonyl (C=O) groups is 1. The molecule has 1 saturated heterocycles. The molecule has 0 spiro atoms. The van der Waals surface area contributed by atoms with Gasteiger partial charge in [0.25, 0.3) is 5.91 Å². The Morgan fingerprint density at radius 3 is 2.70 bits per heavy atom. The van der Waals surface area contributed by atoms with Crippen LogP contribution in [0, 0.1) is 0 Å². The Morgan fingerprint density at radius 2 is 2.07 bits per heavy atom. The summed E-state index contributed by atoms with van der Waals surface area (Å²) in [5.41, 5.74) is 6.56. The van der Waals surface area contributed by atoms with Crippen LogP contribution in [-0.2, 0) is 16.0 Å². The first-order chi connectivity index (χ1) is 12.7. The molecule has 1 fully saturated rings. The normalized spacial score (nSPS) is 14.4. The molecule has 1 aliphatic heterocycles. The van der Waals surface area contributed by atoms with Gasteiger partial charge in [0.05, 0.1) is 13.2 Å². The fraction of sp³-hybridized carbons (Fsp3) is 0.550. The maximum atomic E-state index is 12.4. The van der Waals surface area contributed by atoms with Crippen LogP contribution >= 0.6 is 12.4 Å². The zero-order chi connectivity index (χ0) is 18.8. The second kappa shape index (κ2) is 12.6. The summed E-state index contributed by atoms with van der Waals surface area (Å²) in [5, 5.41) is 0. The Hall–Kier alpha value is -1.76. The smallest absolute Gasteiger partial charge is 0.260 e. The lowest BCUT2D eigenvalue weighted by molar-refractivity contribution is -0.136. The summed E-state index contributed by atoms with van der Waals surface area (Å²) >= 11 is 0. The second-order valence-corrected chi connectivity index (χ2v) is 6.36. The van der Waals surface area contributed by atoms with E-state index in [4.69, 9.17) is 19.9 Å².